The number of allylic oxidation sites excluding steroid dienone is 1. The second kappa shape index (κ2) is 18.6. The van der Waals surface area contributed by atoms with Crippen LogP contribution in [0.3, 0.4) is 0 Å². The van der Waals surface area contributed by atoms with Crippen molar-refractivity contribution < 1.29 is 9.90 Å². The molecule has 2 rings (SSSR count). The van der Waals surface area contributed by atoms with Gasteiger partial charge in [-0.05, 0) is 145 Å². The van der Waals surface area contributed by atoms with Crippen molar-refractivity contribution in [1.29, 1.82) is 0 Å². The van der Waals surface area contributed by atoms with Gasteiger partial charge in [0, 0.05) is 5.56 Å². The lowest BCUT2D eigenvalue weighted by molar-refractivity contribution is 0.0977. The van der Waals surface area contributed by atoms with Gasteiger partial charge < -0.3 is 5.11 Å². The normalized spacial score (nSPS) is 12.5. The third kappa shape index (κ3) is 8.27. The molecule has 0 unspecified atom stereocenters. The van der Waals surface area contributed by atoms with Gasteiger partial charge in [0.25, 0.3) is 0 Å². The second-order valence-corrected chi connectivity index (χ2v) is 13.0. The Labute approximate surface area is 272 Å². The quantitative estimate of drug-likeness (QED) is 0.0986. The molecule has 0 amide bonds. The fraction of sp³-hybridized carbons (Fsp3) is 0.643. The van der Waals surface area contributed by atoms with Crippen molar-refractivity contribution in [3.05, 3.63) is 74.5 Å². The molecule has 2 heteroatoms. The van der Waals surface area contributed by atoms with Crippen LogP contribution in [0.2, 0.25) is 0 Å². The summed E-state index contributed by atoms with van der Waals surface area (Å²) in [6.45, 7) is 24.8. The number of aliphatic hydroxyl groups is 1. The highest BCUT2D eigenvalue weighted by molar-refractivity contribution is 6.12. The van der Waals surface area contributed by atoms with Crippen LogP contribution in [0.25, 0.3) is 6.08 Å². The van der Waals surface area contributed by atoms with Crippen molar-refractivity contribution in [2.24, 2.45) is 0 Å². The molecule has 2 aromatic carbocycles. The van der Waals surface area contributed by atoms with Crippen LogP contribution in [0, 0.1) is 0 Å². The molecule has 2 aromatic rings. The topological polar surface area (TPSA) is 37.3 Å². The van der Waals surface area contributed by atoms with Gasteiger partial charge in [-0.15, -0.1) is 0 Å². The maximum atomic E-state index is 15.0. The van der Waals surface area contributed by atoms with Crippen LogP contribution in [-0.2, 0) is 6.42 Å². The highest BCUT2D eigenvalue weighted by Gasteiger charge is 2.33. The molecular formula is C42H66O2. The van der Waals surface area contributed by atoms with Gasteiger partial charge in [-0.2, -0.15) is 0 Å². The molecule has 0 spiro atoms. The zero-order chi connectivity index (χ0) is 33.0. The van der Waals surface area contributed by atoms with Crippen molar-refractivity contribution in [2.45, 2.75) is 176 Å². The van der Waals surface area contributed by atoms with E-state index in [2.05, 4.69) is 100 Å². The zero-order valence-corrected chi connectivity index (χ0v) is 30.4. The smallest absolute Gasteiger partial charge is 0.227 e. The SMILES string of the molecule is CCc1ccc(C(CC)CC)c(C=C(O)C(=O)c2c(C(CC)CC)c(C(CC)CC)cc(C(CC)CC)c2C(CC)CC)c1. The summed E-state index contributed by atoms with van der Waals surface area (Å²) in [6, 6.07) is 9.16. The Hall–Kier alpha value is -2.35. The van der Waals surface area contributed by atoms with Crippen LogP contribution in [0.4, 0.5) is 0 Å². The number of carbonyl (C=O) groups excluding carboxylic acids is 1. The maximum absolute atomic E-state index is 15.0. The monoisotopic (exact) mass is 603 g/mol. The molecule has 0 aliphatic heterocycles. The molecule has 0 radical (unpaired) electrons. The fourth-order valence-electron chi connectivity index (χ4n) is 7.82. The lowest BCUT2D eigenvalue weighted by atomic mass is 9.71. The highest BCUT2D eigenvalue weighted by atomic mass is 16.3. The number of benzene rings is 2. The number of Topliss-reactive ketones (excluding diaryl/α,β-unsaturated/α-hetero) is 1. The number of hydrogen-bond acceptors (Lipinski definition) is 2. The summed E-state index contributed by atoms with van der Waals surface area (Å²) in [4.78, 5) is 15.0. The van der Waals surface area contributed by atoms with E-state index in [0.29, 0.717) is 17.8 Å². The molecule has 44 heavy (non-hydrogen) atoms. The predicted molar refractivity (Wildman–Crippen MR) is 194 cm³/mol. The predicted octanol–water partition coefficient (Wildman–Crippen LogP) is 13.5. The highest BCUT2D eigenvalue weighted by Crippen LogP contribution is 2.46. The Morgan fingerprint density at radius 1 is 0.568 bits per heavy atom. The van der Waals surface area contributed by atoms with Gasteiger partial charge in [0.1, 0.15) is 0 Å². The summed E-state index contributed by atoms with van der Waals surface area (Å²) in [5.74, 6) is 1.47. The zero-order valence-electron chi connectivity index (χ0n) is 30.4. The average molecular weight is 603 g/mol. The van der Waals surface area contributed by atoms with E-state index in [4.69, 9.17) is 0 Å². The van der Waals surface area contributed by atoms with Crippen molar-refractivity contribution in [3.63, 3.8) is 0 Å². The van der Waals surface area contributed by atoms with E-state index >= 15 is 4.79 Å². The molecule has 1 N–H and O–H groups in total. The van der Waals surface area contributed by atoms with E-state index in [1.54, 1.807) is 0 Å². The standard InChI is InChI=1S/C42H66O2/c1-12-28-23-24-35(29(13-2)14-3)34(25-28)26-38(43)42(44)41-39(32(19-8)20-9)36(30(15-4)16-5)27-37(31(17-6)18-7)40(41)33(21-10)22-11/h23-27,29-33,43H,12-22H2,1-11H3. The molecule has 0 saturated heterocycles. The lowest BCUT2D eigenvalue weighted by Gasteiger charge is -2.33. The van der Waals surface area contributed by atoms with E-state index in [1.807, 2.05) is 6.08 Å². The number of ketones is 1. The molecule has 0 aliphatic carbocycles. The number of hydrogen-bond donors (Lipinski definition) is 1. The van der Waals surface area contributed by atoms with Crippen LogP contribution in [0.15, 0.2) is 30.0 Å². The van der Waals surface area contributed by atoms with E-state index in [-0.39, 0.29) is 23.4 Å². The minimum atomic E-state index is -0.175. The molecule has 0 atom stereocenters. The first-order chi connectivity index (χ1) is 21.2. The van der Waals surface area contributed by atoms with E-state index in [1.165, 1.54) is 33.4 Å². The maximum Gasteiger partial charge on any atom is 0.227 e. The number of carbonyl (C=O) groups is 1. The molecule has 0 heterocycles. The summed E-state index contributed by atoms with van der Waals surface area (Å²) in [5, 5.41) is 11.9. The third-order valence-electron chi connectivity index (χ3n) is 10.8. The molecule has 0 saturated carbocycles. The van der Waals surface area contributed by atoms with Gasteiger partial charge in [-0.3, -0.25) is 4.79 Å². The Kier molecular flexibility index (Phi) is 16.0. The Morgan fingerprint density at radius 2 is 0.955 bits per heavy atom. The summed E-state index contributed by atoms with van der Waals surface area (Å²) in [5.41, 5.74) is 9.48. The second-order valence-electron chi connectivity index (χ2n) is 13.0. The van der Waals surface area contributed by atoms with Crippen LogP contribution < -0.4 is 0 Å². The Balaban J connectivity index is 3.14. The molecular weight excluding hydrogens is 536 g/mol. The largest absolute Gasteiger partial charge is 0.504 e. The first-order valence-electron chi connectivity index (χ1n) is 18.5. The van der Waals surface area contributed by atoms with E-state index < -0.39 is 0 Å². The summed E-state index contributed by atoms with van der Waals surface area (Å²) in [7, 11) is 0. The van der Waals surface area contributed by atoms with Gasteiger partial charge in [0.2, 0.25) is 5.78 Å². The number of aryl methyl sites for hydroxylation is 1. The molecule has 0 fully saturated rings. The molecule has 246 valence electrons. The van der Waals surface area contributed by atoms with Gasteiger partial charge >= 0.3 is 0 Å². The lowest BCUT2D eigenvalue weighted by Crippen LogP contribution is -2.21. The van der Waals surface area contributed by atoms with Crippen molar-refractivity contribution in [3.8, 4) is 0 Å². The Bertz CT molecular complexity index is 1150. The molecule has 0 aromatic heterocycles. The number of rotatable bonds is 19. The van der Waals surface area contributed by atoms with E-state index in [9.17, 15) is 5.11 Å². The van der Waals surface area contributed by atoms with Crippen molar-refractivity contribution in [1.82, 2.24) is 0 Å². The number of aliphatic hydroxyl groups excluding tert-OH is 1. The minimum absolute atomic E-state index is 0.109. The van der Waals surface area contributed by atoms with Crippen LogP contribution in [0.5, 0.6) is 0 Å². The van der Waals surface area contributed by atoms with Gasteiger partial charge in [0.15, 0.2) is 5.76 Å². The van der Waals surface area contributed by atoms with Crippen molar-refractivity contribution >= 4 is 11.9 Å². The first-order valence-corrected chi connectivity index (χ1v) is 18.5. The van der Waals surface area contributed by atoms with Gasteiger partial charge in [-0.1, -0.05) is 100 Å². The van der Waals surface area contributed by atoms with Crippen molar-refractivity contribution in [2.75, 3.05) is 0 Å². The minimum Gasteiger partial charge on any atom is -0.504 e. The fourth-order valence-corrected chi connectivity index (χ4v) is 7.82. The summed E-state index contributed by atoms with van der Waals surface area (Å²) < 4.78 is 0. The molecule has 0 aliphatic rings. The Morgan fingerprint density at radius 3 is 1.32 bits per heavy atom. The average Bonchev–Trinajstić information content (AvgIpc) is 3.05. The molecule has 2 nitrogen and oxygen atoms in total. The van der Waals surface area contributed by atoms with Gasteiger partial charge in [-0.25, -0.2) is 0 Å². The third-order valence-corrected chi connectivity index (χ3v) is 10.8. The van der Waals surface area contributed by atoms with Gasteiger partial charge in [0.05, 0.1) is 0 Å². The van der Waals surface area contributed by atoms with Crippen LogP contribution in [-0.4, -0.2) is 10.9 Å². The first kappa shape index (κ1) is 37.8. The summed E-state index contributed by atoms with van der Waals surface area (Å²) in [6.07, 6.45) is 12.9. The molecule has 0 bridgehead atoms. The van der Waals surface area contributed by atoms with E-state index in [0.717, 1.165) is 81.8 Å². The van der Waals surface area contributed by atoms with Crippen LogP contribution in [0.1, 0.15) is 219 Å². The summed E-state index contributed by atoms with van der Waals surface area (Å²) >= 11 is 0. The van der Waals surface area contributed by atoms with Crippen LogP contribution >= 0.6 is 0 Å².